The predicted octanol–water partition coefficient (Wildman–Crippen LogP) is 2.44. The zero-order chi connectivity index (χ0) is 23.4. The molecular formula is C24H25N5O4. The molecule has 3 N–H and O–H groups in total. The molecule has 1 unspecified atom stereocenters. The van der Waals surface area contributed by atoms with Gasteiger partial charge < -0.3 is 15.5 Å². The van der Waals surface area contributed by atoms with E-state index in [9.17, 15) is 14.4 Å². The van der Waals surface area contributed by atoms with Crippen LogP contribution in [0, 0.1) is 18.3 Å². The van der Waals surface area contributed by atoms with Crippen molar-refractivity contribution in [1.29, 1.82) is 5.26 Å². The average molecular weight is 447 g/mol. The van der Waals surface area contributed by atoms with E-state index in [4.69, 9.17) is 10.1 Å². The first-order chi connectivity index (χ1) is 15.9. The van der Waals surface area contributed by atoms with E-state index in [1.165, 1.54) is 5.56 Å². The van der Waals surface area contributed by atoms with Gasteiger partial charge in [0.2, 0.25) is 0 Å². The normalized spacial score (nSPS) is 18.4. The third-order valence-electron chi connectivity index (χ3n) is 6.07. The monoisotopic (exact) mass is 447 g/mol. The highest BCUT2D eigenvalue weighted by molar-refractivity contribution is 5.98. The molecule has 4 rings (SSSR count). The van der Waals surface area contributed by atoms with Gasteiger partial charge in [-0.1, -0.05) is 18.2 Å². The first kappa shape index (κ1) is 22.3. The first-order valence-electron chi connectivity index (χ1n) is 10.8. The van der Waals surface area contributed by atoms with E-state index < -0.39 is 18.0 Å². The van der Waals surface area contributed by atoms with Gasteiger partial charge in [-0.25, -0.2) is 10.3 Å². The van der Waals surface area contributed by atoms with Crippen molar-refractivity contribution in [3.63, 3.8) is 0 Å². The zero-order valence-corrected chi connectivity index (χ0v) is 18.3. The maximum atomic E-state index is 13.1. The highest BCUT2D eigenvalue weighted by Crippen LogP contribution is 2.29. The van der Waals surface area contributed by atoms with Gasteiger partial charge in [-0.2, -0.15) is 5.26 Å². The summed E-state index contributed by atoms with van der Waals surface area (Å²) in [6.07, 6.45) is 1.70. The van der Waals surface area contributed by atoms with Gasteiger partial charge in [-0.05, 0) is 61.1 Å². The molecule has 2 heterocycles. The SMILES string of the molecule is Cc1ccc(C(=O)N2CCC(c3ccc(C#N)cc3)CC2)cc1NC(=O)NC1CONC1=O. The van der Waals surface area contributed by atoms with Crippen LogP contribution in [0.25, 0.3) is 0 Å². The van der Waals surface area contributed by atoms with Gasteiger partial charge in [0.15, 0.2) is 0 Å². The highest BCUT2D eigenvalue weighted by atomic mass is 16.7. The summed E-state index contributed by atoms with van der Waals surface area (Å²) < 4.78 is 0. The second kappa shape index (κ2) is 9.71. The van der Waals surface area contributed by atoms with E-state index in [1.807, 2.05) is 36.1 Å². The quantitative estimate of drug-likeness (QED) is 0.664. The molecule has 4 amide bonds. The molecule has 0 radical (unpaired) electrons. The fourth-order valence-corrected chi connectivity index (χ4v) is 4.08. The fourth-order valence-electron chi connectivity index (χ4n) is 4.08. The first-order valence-corrected chi connectivity index (χ1v) is 10.8. The number of nitriles is 1. The molecule has 0 aliphatic carbocycles. The van der Waals surface area contributed by atoms with Gasteiger partial charge in [-0.15, -0.1) is 0 Å². The van der Waals surface area contributed by atoms with E-state index in [2.05, 4.69) is 22.2 Å². The second-order valence-electron chi connectivity index (χ2n) is 8.26. The Morgan fingerprint density at radius 3 is 2.52 bits per heavy atom. The third kappa shape index (κ3) is 5.13. The van der Waals surface area contributed by atoms with E-state index >= 15 is 0 Å². The van der Waals surface area contributed by atoms with Crippen LogP contribution < -0.4 is 16.1 Å². The molecule has 2 aromatic rings. The number of anilines is 1. The highest BCUT2D eigenvalue weighted by Gasteiger charge is 2.28. The summed E-state index contributed by atoms with van der Waals surface area (Å²) in [6, 6.07) is 13.7. The Hall–Kier alpha value is -3.90. The molecule has 2 saturated heterocycles. The lowest BCUT2D eigenvalue weighted by Gasteiger charge is -2.32. The number of urea groups is 1. The number of carbonyl (C=O) groups excluding carboxylic acids is 3. The summed E-state index contributed by atoms with van der Waals surface area (Å²) >= 11 is 0. The van der Waals surface area contributed by atoms with Crippen molar-refractivity contribution in [2.75, 3.05) is 25.0 Å². The average Bonchev–Trinajstić information content (AvgIpc) is 3.24. The van der Waals surface area contributed by atoms with Gasteiger partial charge >= 0.3 is 6.03 Å². The van der Waals surface area contributed by atoms with Crippen molar-refractivity contribution in [3.8, 4) is 6.07 Å². The van der Waals surface area contributed by atoms with Crippen molar-refractivity contribution < 1.29 is 19.2 Å². The molecule has 170 valence electrons. The molecule has 0 aromatic heterocycles. The lowest BCUT2D eigenvalue weighted by molar-refractivity contribution is -0.124. The van der Waals surface area contributed by atoms with E-state index in [0.29, 0.717) is 35.8 Å². The number of likely N-dealkylation sites (tertiary alicyclic amines) is 1. The number of benzene rings is 2. The molecule has 2 fully saturated rings. The molecule has 33 heavy (non-hydrogen) atoms. The van der Waals surface area contributed by atoms with Crippen LogP contribution >= 0.6 is 0 Å². The minimum absolute atomic E-state index is 0.0577. The molecule has 9 heteroatoms. The number of rotatable bonds is 4. The maximum absolute atomic E-state index is 13.1. The zero-order valence-electron chi connectivity index (χ0n) is 18.3. The lowest BCUT2D eigenvalue weighted by atomic mass is 9.89. The molecule has 9 nitrogen and oxygen atoms in total. The van der Waals surface area contributed by atoms with Gasteiger partial charge in [0.1, 0.15) is 12.6 Å². The van der Waals surface area contributed by atoms with Crippen LogP contribution in [0.1, 0.15) is 45.8 Å². The van der Waals surface area contributed by atoms with Crippen LogP contribution in [-0.2, 0) is 9.63 Å². The molecule has 2 aromatic carbocycles. The van der Waals surface area contributed by atoms with E-state index in [1.54, 1.807) is 18.2 Å². The standard InChI is InChI=1S/C24H25N5O4/c1-15-2-5-19(12-20(15)26-24(32)27-21-14-33-28-22(21)30)23(31)29-10-8-18(9-11-29)17-6-3-16(13-25)4-7-17/h2-7,12,18,21H,8-11,14H2,1H3,(H,28,30)(H2,26,27,32). The summed E-state index contributed by atoms with van der Waals surface area (Å²) in [5.41, 5.74) is 5.82. The summed E-state index contributed by atoms with van der Waals surface area (Å²) in [5, 5.41) is 14.2. The molecule has 2 aliphatic heterocycles. The van der Waals surface area contributed by atoms with Crippen LogP contribution in [-0.4, -0.2) is 48.5 Å². The molecule has 2 aliphatic rings. The molecule has 0 spiro atoms. The Balaban J connectivity index is 1.37. The number of amides is 4. The molecule has 1 atom stereocenters. The van der Waals surface area contributed by atoms with Crippen LogP contribution in [0.2, 0.25) is 0 Å². The summed E-state index contributed by atoms with van der Waals surface area (Å²) in [5.74, 6) is -0.131. The van der Waals surface area contributed by atoms with Crippen molar-refractivity contribution in [3.05, 3.63) is 64.7 Å². The number of hydrogen-bond donors (Lipinski definition) is 3. The van der Waals surface area contributed by atoms with Gasteiger partial charge in [0.25, 0.3) is 11.8 Å². The lowest BCUT2D eigenvalue weighted by Crippen LogP contribution is -2.43. The fraction of sp³-hybridized carbons (Fsp3) is 0.333. The summed E-state index contributed by atoms with van der Waals surface area (Å²) in [7, 11) is 0. The number of carbonyl (C=O) groups is 3. The predicted molar refractivity (Wildman–Crippen MR) is 120 cm³/mol. The van der Waals surface area contributed by atoms with Crippen molar-refractivity contribution in [1.82, 2.24) is 15.7 Å². The number of piperidine rings is 1. The number of aryl methyl sites for hydroxylation is 1. The third-order valence-corrected chi connectivity index (χ3v) is 6.07. The smallest absolute Gasteiger partial charge is 0.319 e. The van der Waals surface area contributed by atoms with Gasteiger partial charge in [0.05, 0.1) is 11.6 Å². The number of nitrogens with one attached hydrogen (secondary N) is 3. The minimum atomic E-state index is -0.757. The van der Waals surface area contributed by atoms with Gasteiger partial charge in [0, 0.05) is 24.3 Å². The molecular weight excluding hydrogens is 422 g/mol. The second-order valence-corrected chi connectivity index (χ2v) is 8.26. The Morgan fingerprint density at radius 2 is 1.88 bits per heavy atom. The van der Waals surface area contributed by atoms with Crippen LogP contribution in [0.5, 0.6) is 0 Å². The number of nitrogens with zero attached hydrogens (tertiary/aromatic N) is 2. The minimum Gasteiger partial charge on any atom is -0.339 e. The Morgan fingerprint density at radius 1 is 1.15 bits per heavy atom. The van der Waals surface area contributed by atoms with Crippen LogP contribution in [0.4, 0.5) is 10.5 Å². The largest absolute Gasteiger partial charge is 0.339 e. The number of hydrogen-bond acceptors (Lipinski definition) is 5. The van der Waals surface area contributed by atoms with Gasteiger partial charge in [-0.3, -0.25) is 14.4 Å². The molecule has 0 bridgehead atoms. The van der Waals surface area contributed by atoms with Crippen molar-refractivity contribution in [2.45, 2.75) is 31.7 Å². The van der Waals surface area contributed by atoms with E-state index in [0.717, 1.165) is 18.4 Å². The number of hydroxylamine groups is 1. The van der Waals surface area contributed by atoms with Crippen LogP contribution in [0.3, 0.4) is 0 Å². The Labute approximate surface area is 191 Å². The molecule has 0 saturated carbocycles. The van der Waals surface area contributed by atoms with Crippen molar-refractivity contribution >= 4 is 23.5 Å². The Kier molecular flexibility index (Phi) is 6.56. The summed E-state index contributed by atoms with van der Waals surface area (Å²) in [6.45, 7) is 3.16. The Bertz CT molecular complexity index is 1100. The topological polar surface area (TPSA) is 124 Å². The maximum Gasteiger partial charge on any atom is 0.319 e. The van der Waals surface area contributed by atoms with Crippen molar-refractivity contribution in [2.24, 2.45) is 0 Å². The van der Waals surface area contributed by atoms with E-state index in [-0.39, 0.29) is 12.5 Å². The van der Waals surface area contributed by atoms with Crippen LogP contribution in [0.15, 0.2) is 42.5 Å². The summed E-state index contributed by atoms with van der Waals surface area (Å²) in [4.78, 5) is 43.6.